The molecule has 0 unspecified atom stereocenters. The van der Waals surface area contributed by atoms with Gasteiger partial charge in [0, 0.05) is 35.4 Å². The molecule has 3 aromatic rings. The maximum absolute atomic E-state index is 13.9. The fourth-order valence-corrected chi connectivity index (χ4v) is 4.04. The minimum atomic E-state index is -4.16. The number of benzene rings is 3. The topological polar surface area (TPSA) is 66.5 Å². The number of nitrogens with zero attached hydrogens (tertiary/aromatic N) is 1. The molecule has 31 heavy (non-hydrogen) atoms. The molecule has 5 nitrogen and oxygen atoms in total. The predicted molar refractivity (Wildman–Crippen MR) is 111 cm³/mol. The van der Waals surface area contributed by atoms with E-state index in [2.05, 4.69) is 4.72 Å². The van der Waals surface area contributed by atoms with Gasteiger partial charge in [0.15, 0.2) is 11.6 Å². The van der Waals surface area contributed by atoms with Crippen LogP contribution in [0.15, 0.2) is 65.6 Å². The van der Waals surface area contributed by atoms with Gasteiger partial charge in [-0.1, -0.05) is 17.7 Å². The summed E-state index contributed by atoms with van der Waals surface area (Å²) >= 11 is 5.99. The van der Waals surface area contributed by atoms with Crippen LogP contribution in [0.3, 0.4) is 0 Å². The van der Waals surface area contributed by atoms with Crippen molar-refractivity contribution in [1.29, 1.82) is 0 Å². The molecule has 0 aliphatic heterocycles. The monoisotopic (exact) mass is 468 g/mol. The van der Waals surface area contributed by atoms with E-state index >= 15 is 0 Å². The third-order valence-electron chi connectivity index (χ3n) is 4.39. The van der Waals surface area contributed by atoms with Gasteiger partial charge in [-0.3, -0.25) is 9.52 Å². The maximum Gasteiger partial charge on any atom is 0.261 e. The van der Waals surface area contributed by atoms with Gasteiger partial charge in [-0.2, -0.15) is 0 Å². The Morgan fingerprint density at radius 1 is 0.968 bits per heavy atom. The second-order valence-corrected chi connectivity index (χ2v) is 8.71. The van der Waals surface area contributed by atoms with Crippen molar-refractivity contribution in [3.8, 4) is 0 Å². The van der Waals surface area contributed by atoms with Crippen LogP contribution < -0.4 is 4.72 Å². The van der Waals surface area contributed by atoms with E-state index < -0.39 is 38.3 Å². The largest absolute Gasteiger partial charge is 0.337 e. The first-order valence-electron chi connectivity index (χ1n) is 8.85. The number of sulfonamides is 1. The van der Waals surface area contributed by atoms with Crippen LogP contribution in [0.5, 0.6) is 0 Å². The fraction of sp³-hybridized carbons (Fsp3) is 0.0952. The Morgan fingerprint density at radius 3 is 2.26 bits per heavy atom. The second kappa shape index (κ2) is 8.99. The Balaban J connectivity index is 1.73. The van der Waals surface area contributed by atoms with Gasteiger partial charge < -0.3 is 4.90 Å². The number of hydrogen-bond acceptors (Lipinski definition) is 3. The van der Waals surface area contributed by atoms with Gasteiger partial charge in [-0.05, 0) is 54.6 Å². The number of hydrogen-bond donors (Lipinski definition) is 1. The summed E-state index contributed by atoms with van der Waals surface area (Å²) in [6.07, 6.45) is 0. The highest BCUT2D eigenvalue weighted by Crippen LogP contribution is 2.22. The first kappa shape index (κ1) is 22.6. The first-order chi connectivity index (χ1) is 14.6. The summed E-state index contributed by atoms with van der Waals surface area (Å²) in [4.78, 5) is 13.4. The van der Waals surface area contributed by atoms with Crippen molar-refractivity contribution in [3.05, 3.63) is 94.3 Å². The Hall–Kier alpha value is -3.04. The van der Waals surface area contributed by atoms with E-state index in [1.54, 1.807) is 0 Å². The van der Waals surface area contributed by atoms with Crippen LogP contribution in [0.1, 0.15) is 15.9 Å². The molecular weight excluding hydrogens is 453 g/mol. The summed E-state index contributed by atoms with van der Waals surface area (Å²) in [7, 11) is -2.68. The van der Waals surface area contributed by atoms with Crippen molar-refractivity contribution in [2.75, 3.05) is 11.8 Å². The molecular formula is C21H16ClF3N2O3S. The van der Waals surface area contributed by atoms with Gasteiger partial charge in [0.2, 0.25) is 0 Å². The number of carbonyl (C=O) groups is 1. The highest BCUT2D eigenvalue weighted by atomic mass is 35.5. The van der Waals surface area contributed by atoms with Gasteiger partial charge in [0.1, 0.15) is 5.82 Å². The summed E-state index contributed by atoms with van der Waals surface area (Å²) in [5.41, 5.74) is 0.516. The van der Waals surface area contributed by atoms with Crippen molar-refractivity contribution < 1.29 is 26.4 Å². The predicted octanol–water partition coefficient (Wildman–Crippen LogP) is 4.83. The molecule has 3 rings (SSSR count). The maximum atomic E-state index is 13.9. The highest BCUT2D eigenvalue weighted by molar-refractivity contribution is 7.92. The van der Waals surface area contributed by atoms with Crippen molar-refractivity contribution in [3.63, 3.8) is 0 Å². The number of anilines is 1. The summed E-state index contributed by atoms with van der Waals surface area (Å²) in [5.74, 6) is -3.42. The standard InChI is InChI=1S/C21H16ClF3N2O3S/c1-27(12-16-17(22)3-2-4-18(16)23)21(28)13-5-7-14(8-6-13)26-31(29,30)15-9-10-19(24)20(25)11-15/h2-11,26H,12H2,1H3. The molecule has 0 fully saturated rings. The quantitative estimate of drug-likeness (QED) is 0.563. The average molecular weight is 469 g/mol. The van der Waals surface area contributed by atoms with Crippen molar-refractivity contribution in [1.82, 2.24) is 4.90 Å². The fourth-order valence-electron chi connectivity index (χ4n) is 2.75. The zero-order chi connectivity index (χ0) is 22.8. The Morgan fingerprint density at radius 2 is 1.65 bits per heavy atom. The number of carbonyl (C=O) groups excluding carboxylic acids is 1. The lowest BCUT2D eigenvalue weighted by atomic mass is 10.1. The van der Waals surface area contributed by atoms with Crippen LogP contribution >= 0.6 is 11.6 Å². The molecule has 3 aromatic carbocycles. The molecule has 0 saturated heterocycles. The Labute approximate surface area is 182 Å². The van der Waals surface area contributed by atoms with E-state index in [0.717, 1.165) is 6.07 Å². The molecule has 0 heterocycles. The SMILES string of the molecule is CN(Cc1c(F)cccc1Cl)C(=O)c1ccc(NS(=O)(=O)c2ccc(F)c(F)c2)cc1. The molecule has 0 aromatic heterocycles. The van der Waals surface area contributed by atoms with Crippen molar-refractivity contribution in [2.45, 2.75) is 11.4 Å². The van der Waals surface area contributed by atoms with Gasteiger partial charge in [-0.25, -0.2) is 21.6 Å². The second-order valence-electron chi connectivity index (χ2n) is 6.62. The third kappa shape index (κ3) is 5.18. The summed E-state index contributed by atoms with van der Waals surface area (Å²) < 4.78 is 67.2. The molecule has 0 bridgehead atoms. The molecule has 162 valence electrons. The van der Waals surface area contributed by atoms with Crippen LogP contribution in [0.4, 0.5) is 18.9 Å². The number of halogens is 4. The molecule has 1 N–H and O–H groups in total. The zero-order valence-electron chi connectivity index (χ0n) is 16.1. The normalized spacial score (nSPS) is 11.3. The Kier molecular flexibility index (Phi) is 6.56. The van der Waals surface area contributed by atoms with Gasteiger partial charge in [0.25, 0.3) is 15.9 Å². The van der Waals surface area contributed by atoms with Crippen LogP contribution in [-0.4, -0.2) is 26.3 Å². The molecule has 0 saturated carbocycles. The third-order valence-corrected chi connectivity index (χ3v) is 6.12. The number of amides is 1. The van der Waals surface area contributed by atoms with Gasteiger partial charge in [0.05, 0.1) is 4.90 Å². The van der Waals surface area contributed by atoms with E-state index in [-0.39, 0.29) is 28.4 Å². The minimum absolute atomic E-state index is 0.0607. The minimum Gasteiger partial charge on any atom is -0.337 e. The highest BCUT2D eigenvalue weighted by Gasteiger charge is 2.18. The summed E-state index contributed by atoms with van der Waals surface area (Å²) in [5, 5.41) is 0.196. The molecule has 1 amide bonds. The van der Waals surface area contributed by atoms with Gasteiger partial charge in [-0.15, -0.1) is 0 Å². The lowest BCUT2D eigenvalue weighted by Crippen LogP contribution is -2.26. The van der Waals surface area contributed by atoms with E-state index in [1.165, 1.54) is 54.4 Å². The summed E-state index contributed by atoms with van der Waals surface area (Å²) in [6, 6.07) is 11.9. The van der Waals surface area contributed by atoms with E-state index in [0.29, 0.717) is 12.1 Å². The molecule has 10 heteroatoms. The molecule has 0 aliphatic rings. The number of nitrogens with one attached hydrogen (secondary N) is 1. The summed E-state index contributed by atoms with van der Waals surface area (Å²) in [6.45, 7) is -0.0607. The Bertz CT molecular complexity index is 1210. The van der Waals surface area contributed by atoms with Crippen LogP contribution in [0.25, 0.3) is 0 Å². The zero-order valence-corrected chi connectivity index (χ0v) is 17.6. The first-order valence-corrected chi connectivity index (χ1v) is 10.7. The van der Waals surface area contributed by atoms with Crippen LogP contribution in [0, 0.1) is 17.5 Å². The van der Waals surface area contributed by atoms with E-state index in [9.17, 15) is 26.4 Å². The van der Waals surface area contributed by atoms with Crippen molar-refractivity contribution in [2.24, 2.45) is 0 Å². The lowest BCUT2D eigenvalue weighted by molar-refractivity contribution is 0.0784. The molecule has 0 aliphatic carbocycles. The molecule has 0 atom stereocenters. The van der Waals surface area contributed by atoms with Crippen LogP contribution in [-0.2, 0) is 16.6 Å². The lowest BCUT2D eigenvalue weighted by Gasteiger charge is -2.19. The molecule has 0 radical (unpaired) electrons. The average Bonchev–Trinajstić information content (AvgIpc) is 2.72. The van der Waals surface area contributed by atoms with E-state index in [1.807, 2.05) is 0 Å². The van der Waals surface area contributed by atoms with E-state index in [4.69, 9.17) is 11.6 Å². The van der Waals surface area contributed by atoms with Crippen molar-refractivity contribution >= 4 is 33.2 Å². The number of rotatable bonds is 6. The van der Waals surface area contributed by atoms with Crippen LogP contribution in [0.2, 0.25) is 5.02 Å². The van der Waals surface area contributed by atoms with Gasteiger partial charge >= 0.3 is 0 Å². The molecule has 0 spiro atoms. The smallest absolute Gasteiger partial charge is 0.261 e.